The SMILES string of the molecule is C=C(C)N1CCN(c2nc(OCCCN3CCOCC3)nc3c2CCNC3)CC1.CC.CC.CC. The van der Waals surface area contributed by atoms with Crippen LogP contribution >= 0.6 is 0 Å². The third kappa shape index (κ3) is 9.94. The van der Waals surface area contributed by atoms with E-state index in [0.29, 0.717) is 12.6 Å². The van der Waals surface area contributed by atoms with Crippen molar-refractivity contribution in [1.29, 1.82) is 0 Å². The second-order valence-corrected chi connectivity index (χ2v) is 8.05. The molecule has 0 radical (unpaired) electrons. The number of hydrogen-bond acceptors (Lipinski definition) is 8. The molecule has 1 aromatic heterocycles. The van der Waals surface area contributed by atoms with Gasteiger partial charge in [-0.25, -0.2) is 0 Å². The van der Waals surface area contributed by atoms with E-state index in [2.05, 4.69) is 33.5 Å². The predicted octanol–water partition coefficient (Wildman–Crippen LogP) is 3.96. The van der Waals surface area contributed by atoms with Crippen LogP contribution in [0.5, 0.6) is 6.01 Å². The van der Waals surface area contributed by atoms with Crippen LogP contribution in [0.4, 0.5) is 5.82 Å². The van der Waals surface area contributed by atoms with Gasteiger partial charge in [-0.15, -0.1) is 0 Å². The van der Waals surface area contributed by atoms with Crippen molar-refractivity contribution in [3.63, 3.8) is 0 Å². The Morgan fingerprint density at radius 1 is 0.971 bits per heavy atom. The molecule has 4 rings (SSSR count). The fraction of sp³-hybridized carbons (Fsp3) is 0.778. The summed E-state index contributed by atoms with van der Waals surface area (Å²) in [6, 6.07) is 0.520. The van der Waals surface area contributed by atoms with Gasteiger partial charge in [-0.3, -0.25) is 4.90 Å². The third-order valence-corrected chi connectivity index (χ3v) is 5.97. The van der Waals surface area contributed by atoms with Crippen LogP contribution in [0, 0.1) is 0 Å². The van der Waals surface area contributed by atoms with Gasteiger partial charge in [0, 0.05) is 63.6 Å². The maximum absolute atomic E-state index is 5.99. The summed E-state index contributed by atoms with van der Waals surface area (Å²) in [5.74, 6) is 1.07. The van der Waals surface area contributed by atoms with Crippen molar-refractivity contribution >= 4 is 5.82 Å². The number of anilines is 1. The monoisotopic (exact) mass is 492 g/mol. The van der Waals surface area contributed by atoms with Gasteiger partial charge in [0.25, 0.3) is 0 Å². The Bertz CT molecular complexity index is 701. The van der Waals surface area contributed by atoms with Gasteiger partial charge >= 0.3 is 6.01 Å². The molecule has 3 aliphatic rings. The minimum absolute atomic E-state index is 0.520. The average Bonchev–Trinajstić information content (AvgIpc) is 2.94. The number of hydrogen-bond donors (Lipinski definition) is 1. The van der Waals surface area contributed by atoms with Crippen LogP contribution in [0.2, 0.25) is 0 Å². The number of aromatic nitrogens is 2. The van der Waals surface area contributed by atoms with Crippen molar-refractivity contribution in [1.82, 2.24) is 25.1 Å². The van der Waals surface area contributed by atoms with Crippen LogP contribution in [0.15, 0.2) is 12.3 Å². The fourth-order valence-corrected chi connectivity index (χ4v) is 4.22. The van der Waals surface area contributed by atoms with Crippen molar-refractivity contribution < 1.29 is 9.47 Å². The molecule has 2 saturated heterocycles. The number of piperazine rings is 1. The molecule has 35 heavy (non-hydrogen) atoms. The van der Waals surface area contributed by atoms with Crippen molar-refractivity contribution in [3.8, 4) is 6.01 Å². The maximum Gasteiger partial charge on any atom is 0.318 e. The highest BCUT2D eigenvalue weighted by atomic mass is 16.5. The van der Waals surface area contributed by atoms with Gasteiger partial charge < -0.3 is 24.6 Å². The Morgan fingerprint density at radius 2 is 1.63 bits per heavy atom. The molecule has 0 amide bonds. The minimum Gasteiger partial charge on any atom is -0.463 e. The Hall–Kier alpha value is -1.90. The molecule has 0 unspecified atom stereocenters. The van der Waals surface area contributed by atoms with Gasteiger partial charge in [-0.2, -0.15) is 9.97 Å². The molecule has 0 atom stereocenters. The van der Waals surface area contributed by atoms with Gasteiger partial charge in [0.1, 0.15) is 5.82 Å². The zero-order valence-electron chi connectivity index (χ0n) is 23.7. The highest BCUT2D eigenvalue weighted by Crippen LogP contribution is 2.27. The van der Waals surface area contributed by atoms with E-state index in [0.717, 1.165) is 102 Å². The van der Waals surface area contributed by atoms with Crippen LogP contribution in [-0.2, 0) is 17.7 Å². The Labute approximate surface area is 215 Å². The van der Waals surface area contributed by atoms with Crippen molar-refractivity contribution in [2.24, 2.45) is 0 Å². The first kappa shape index (κ1) is 31.1. The molecule has 1 N–H and O–H groups in total. The van der Waals surface area contributed by atoms with Crippen LogP contribution in [0.3, 0.4) is 0 Å². The average molecular weight is 493 g/mol. The van der Waals surface area contributed by atoms with Crippen LogP contribution in [-0.4, -0.2) is 91.9 Å². The quantitative estimate of drug-likeness (QED) is 0.574. The van der Waals surface area contributed by atoms with E-state index in [4.69, 9.17) is 19.4 Å². The normalized spacial score (nSPS) is 17.5. The lowest BCUT2D eigenvalue weighted by atomic mass is 10.1. The number of rotatable bonds is 7. The topological polar surface area (TPSA) is 66.0 Å². The lowest BCUT2D eigenvalue weighted by Gasteiger charge is -2.38. The van der Waals surface area contributed by atoms with E-state index in [9.17, 15) is 0 Å². The van der Waals surface area contributed by atoms with E-state index in [1.54, 1.807) is 0 Å². The summed E-state index contributed by atoms with van der Waals surface area (Å²) in [5, 5.41) is 3.43. The summed E-state index contributed by atoms with van der Waals surface area (Å²) in [6.07, 6.45) is 1.95. The number of ether oxygens (including phenoxy) is 2. The van der Waals surface area contributed by atoms with Crippen molar-refractivity contribution in [3.05, 3.63) is 23.5 Å². The largest absolute Gasteiger partial charge is 0.463 e. The first-order chi connectivity index (χ1) is 17.2. The van der Waals surface area contributed by atoms with E-state index < -0.39 is 0 Å². The molecule has 0 aliphatic carbocycles. The Kier molecular flexibility index (Phi) is 16.3. The number of morpholine rings is 1. The molecule has 1 aromatic rings. The maximum atomic E-state index is 5.99. The molecule has 8 nitrogen and oxygen atoms in total. The Balaban J connectivity index is 0.000000949. The number of allylic oxidation sites excluding steroid dienone is 1. The molecule has 2 fully saturated rings. The summed E-state index contributed by atoms with van der Waals surface area (Å²) < 4.78 is 11.4. The van der Waals surface area contributed by atoms with Crippen molar-refractivity contribution in [2.75, 3.05) is 77.1 Å². The molecule has 0 bridgehead atoms. The molecular formula is C27H52N6O2. The van der Waals surface area contributed by atoms with E-state index in [1.165, 1.54) is 5.56 Å². The highest BCUT2D eigenvalue weighted by molar-refractivity contribution is 5.51. The van der Waals surface area contributed by atoms with Crippen molar-refractivity contribution in [2.45, 2.75) is 67.9 Å². The Morgan fingerprint density at radius 3 is 2.26 bits per heavy atom. The number of nitrogens with zero attached hydrogens (tertiary/aromatic N) is 5. The molecule has 4 heterocycles. The summed E-state index contributed by atoms with van der Waals surface area (Å²) in [7, 11) is 0. The van der Waals surface area contributed by atoms with E-state index in [-0.39, 0.29) is 0 Å². The van der Waals surface area contributed by atoms with Gasteiger partial charge in [-0.05, 0) is 26.3 Å². The fourth-order valence-electron chi connectivity index (χ4n) is 4.22. The minimum atomic E-state index is 0.520. The second-order valence-electron chi connectivity index (χ2n) is 8.05. The first-order valence-electron chi connectivity index (χ1n) is 13.9. The molecule has 0 spiro atoms. The molecule has 202 valence electrons. The zero-order valence-corrected chi connectivity index (χ0v) is 23.7. The zero-order chi connectivity index (χ0) is 26.1. The lowest BCUT2D eigenvalue weighted by Crippen LogP contribution is -2.46. The molecule has 8 heteroatoms. The van der Waals surface area contributed by atoms with Crippen LogP contribution < -0.4 is 15.0 Å². The summed E-state index contributed by atoms with van der Waals surface area (Å²) >= 11 is 0. The summed E-state index contributed by atoms with van der Waals surface area (Å²) in [4.78, 5) is 16.7. The molecule has 0 aromatic carbocycles. The third-order valence-electron chi connectivity index (χ3n) is 5.97. The number of nitrogens with one attached hydrogen (secondary N) is 1. The summed E-state index contributed by atoms with van der Waals surface area (Å²) in [5.41, 5.74) is 3.52. The van der Waals surface area contributed by atoms with Crippen LogP contribution in [0.1, 0.15) is 66.1 Å². The van der Waals surface area contributed by atoms with E-state index >= 15 is 0 Å². The molecule has 0 saturated carbocycles. The molecular weight excluding hydrogens is 440 g/mol. The van der Waals surface area contributed by atoms with Gasteiger partial charge in [0.05, 0.1) is 25.5 Å². The first-order valence-corrected chi connectivity index (χ1v) is 13.9. The van der Waals surface area contributed by atoms with Gasteiger partial charge in [-0.1, -0.05) is 48.1 Å². The smallest absolute Gasteiger partial charge is 0.318 e. The summed E-state index contributed by atoms with van der Waals surface area (Å²) in [6.45, 7) is 29.2. The standard InChI is InChI=1S/C21H34N6O2.3C2H6/c1-17(2)26-7-9-27(10-8-26)20-18-4-5-22-16-19(18)23-21(24-20)29-13-3-6-25-11-14-28-15-12-25;3*1-2/h22H,1,3-16H2,2H3;3*1-2H3. The highest BCUT2D eigenvalue weighted by Gasteiger charge is 2.25. The van der Waals surface area contributed by atoms with Crippen LogP contribution in [0.25, 0.3) is 0 Å². The predicted molar refractivity (Wildman–Crippen MR) is 147 cm³/mol. The number of fused-ring (bicyclic) bond motifs is 1. The van der Waals surface area contributed by atoms with E-state index in [1.807, 2.05) is 41.5 Å². The lowest BCUT2D eigenvalue weighted by molar-refractivity contribution is 0.0356. The van der Waals surface area contributed by atoms with Gasteiger partial charge in [0.2, 0.25) is 0 Å². The molecule has 3 aliphatic heterocycles. The second kappa shape index (κ2) is 18.4. The van der Waals surface area contributed by atoms with Gasteiger partial charge in [0.15, 0.2) is 0 Å².